The van der Waals surface area contributed by atoms with Crippen LogP contribution in [0.3, 0.4) is 0 Å². The summed E-state index contributed by atoms with van der Waals surface area (Å²) < 4.78 is 5.60. The highest BCUT2D eigenvalue weighted by molar-refractivity contribution is 7.99. The average Bonchev–Trinajstić information content (AvgIpc) is 3.49. The van der Waals surface area contributed by atoms with Crippen LogP contribution in [-0.2, 0) is 17.6 Å². The van der Waals surface area contributed by atoms with Crippen molar-refractivity contribution in [2.45, 2.75) is 43.4 Å². The molecule has 2 aliphatic rings. The van der Waals surface area contributed by atoms with Crippen molar-refractivity contribution in [3.8, 4) is 0 Å². The maximum atomic E-state index is 13.0. The van der Waals surface area contributed by atoms with Gasteiger partial charge in [0.05, 0.1) is 22.9 Å². The fraction of sp³-hybridized carbons (Fsp3) is 0.429. The lowest BCUT2D eigenvalue weighted by atomic mass is 10.1. The molecule has 0 spiro atoms. The van der Waals surface area contributed by atoms with Gasteiger partial charge in [0.15, 0.2) is 10.9 Å². The number of anilines is 1. The minimum absolute atomic E-state index is 0.0555. The van der Waals surface area contributed by atoms with Gasteiger partial charge in [-0.1, -0.05) is 29.4 Å². The number of hydrogen-bond acceptors (Lipinski definition) is 7. The molecule has 1 fully saturated rings. The van der Waals surface area contributed by atoms with Crippen LogP contribution in [0.4, 0.5) is 5.00 Å². The smallest absolute Gasteiger partial charge is 0.276 e. The van der Waals surface area contributed by atoms with Gasteiger partial charge in [-0.2, -0.15) is 0 Å². The second-order valence-corrected chi connectivity index (χ2v) is 9.81. The van der Waals surface area contributed by atoms with E-state index in [2.05, 4.69) is 27.2 Å². The fourth-order valence-electron chi connectivity index (χ4n) is 3.71. The Morgan fingerprint density at radius 2 is 2.23 bits per heavy atom. The fourth-order valence-corrected chi connectivity index (χ4v) is 5.72. The van der Waals surface area contributed by atoms with Gasteiger partial charge in [-0.05, 0) is 37.7 Å². The number of nitrogens with one attached hydrogen (secondary N) is 2. The Bertz CT molecular complexity index is 1000. The van der Waals surface area contributed by atoms with Crippen LogP contribution in [0.15, 0.2) is 24.0 Å². The first-order valence-electron chi connectivity index (χ1n) is 10.2. The van der Waals surface area contributed by atoms with Crippen LogP contribution in [0.5, 0.6) is 0 Å². The molecular formula is C21H23ClN4O3S2. The van der Waals surface area contributed by atoms with E-state index in [9.17, 15) is 9.59 Å². The van der Waals surface area contributed by atoms with Crippen molar-refractivity contribution in [3.05, 3.63) is 45.6 Å². The minimum atomic E-state index is -0.457. The summed E-state index contributed by atoms with van der Waals surface area (Å²) in [4.78, 5) is 35.6. The van der Waals surface area contributed by atoms with E-state index in [1.807, 2.05) is 0 Å². The van der Waals surface area contributed by atoms with Crippen LogP contribution in [0.2, 0.25) is 5.02 Å². The largest absolute Gasteiger partial charge is 0.376 e. The monoisotopic (exact) mass is 478 g/mol. The van der Waals surface area contributed by atoms with E-state index in [1.165, 1.54) is 29.3 Å². The molecule has 0 unspecified atom stereocenters. The molecule has 3 heterocycles. The molecule has 1 saturated heterocycles. The van der Waals surface area contributed by atoms with Gasteiger partial charge in [-0.15, -0.1) is 17.9 Å². The van der Waals surface area contributed by atoms with Gasteiger partial charge in [-0.25, -0.2) is 9.97 Å². The molecule has 1 atom stereocenters. The lowest BCUT2D eigenvalue weighted by Crippen LogP contribution is -2.32. The average molecular weight is 479 g/mol. The number of thiophene rings is 1. The van der Waals surface area contributed by atoms with Gasteiger partial charge in [0.2, 0.25) is 0 Å². The van der Waals surface area contributed by atoms with Gasteiger partial charge < -0.3 is 15.4 Å². The van der Waals surface area contributed by atoms with E-state index < -0.39 is 5.91 Å². The molecule has 0 bridgehead atoms. The van der Waals surface area contributed by atoms with E-state index in [-0.39, 0.29) is 22.7 Å². The van der Waals surface area contributed by atoms with Gasteiger partial charge >= 0.3 is 0 Å². The third-order valence-electron chi connectivity index (χ3n) is 5.16. The highest BCUT2D eigenvalue weighted by atomic mass is 35.5. The summed E-state index contributed by atoms with van der Waals surface area (Å²) in [7, 11) is 0. The zero-order valence-corrected chi connectivity index (χ0v) is 19.3. The Balaban J connectivity index is 1.54. The Morgan fingerprint density at radius 1 is 1.35 bits per heavy atom. The lowest BCUT2D eigenvalue weighted by Gasteiger charge is -2.13. The van der Waals surface area contributed by atoms with E-state index in [0.29, 0.717) is 28.0 Å². The standard InChI is InChI=1S/C21H23ClN4O3S2/c1-2-9-30-21-24-11-14(22)17(25-21)19(28)26-20-16(13-6-3-7-15(13)31-20)18(27)23-10-12-5-4-8-29-12/h2,11-12H,1,3-10H2,(H,23,27)(H,26,28)/t12-/m1/s1. The second kappa shape index (κ2) is 10.1. The van der Waals surface area contributed by atoms with Crippen molar-refractivity contribution in [1.29, 1.82) is 0 Å². The van der Waals surface area contributed by atoms with Gasteiger partial charge in [0.25, 0.3) is 11.8 Å². The van der Waals surface area contributed by atoms with Crippen molar-refractivity contribution >= 4 is 51.5 Å². The van der Waals surface area contributed by atoms with Crippen molar-refractivity contribution < 1.29 is 14.3 Å². The molecule has 7 nitrogen and oxygen atoms in total. The molecule has 1 aliphatic heterocycles. The number of fused-ring (bicyclic) bond motifs is 1. The van der Waals surface area contributed by atoms with E-state index in [0.717, 1.165) is 49.2 Å². The third kappa shape index (κ3) is 5.11. The summed E-state index contributed by atoms with van der Waals surface area (Å²) in [6.45, 7) is 4.88. The molecule has 2 aromatic rings. The molecule has 2 N–H and O–H groups in total. The summed E-state index contributed by atoms with van der Waals surface area (Å²) >= 11 is 9.00. The number of amides is 2. The number of aromatic nitrogens is 2. The van der Waals surface area contributed by atoms with Crippen LogP contribution in [0, 0.1) is 0 Å². The molecule has 31 heavy (non-hydrogen) atoms. The predicted octanol–water partition coefficient (Wildman–Crippen LogP) is 4.12. The van der Waals surface area contributed by atoms with Crippen LogP contribution in [0.1, 0.15) is 50.5 Å². The van der Waals surface area contributed by atoms with E-state index in [1.54, 1.807) is 6.08 Å². The zero-order chi connectivity index (χ0) is 21.8. The Labute approximate surface area is 194 Å². The van der Waals surface area contributed by atoms with E-state index in [4.69, 9.17) is 16.3 Å². The van der Waals surface area contributed by atoms with Crippen molar-refractivity contribution in [3.63, 3.8) is 0 Å². The van der Waals surface area contributed by atoms with Crippen LogP contribution in [-0.4, -0.2) is 46.8 Å². The summed E-state index contributed by atoms with van der Waals surface area (Å²) in [6.07, 6.45) is 7.94. The van der Waals surface area contributed by atoms with Gasteiger partial charge in [0.1, 0.15) is 5.00 Å². The van der Waals surface area contributed by atoms with Crippen LogP contribution in [0.25, 0.3) is 0 Å². The lowest BCUT2D eigenvalue weighted by molar-refractivity contribution is 0.0858. The van der Waals surface area contributed by atoms with Crippen LogP contribution >= 0.6 is 34.7 Å². The summed E-state index contributed by atoms with van der Waals surface area (Å²) in [5.74, 6) is -0.0165. The normalized spacial score (nSPS) is 17.4. The molecule has 164 valence electrons. The summed E-state index contributed by atoms with van der Waals surface area (Å²) in [5, 5.41) is 6.99. The number of aryl methyl sites for hydroxylation is 1. The Hall–Kier alpha value is -1.94. The Morgan fingerprint density at radius 3 is 3.00 bits per heavy atom. The molecule has 0 aromatic carbocycles. The molecule has 1 aliphatic carbocycles. The number of carbonyl (C=O) groups is 2. The Kier molecular flexibility index (Phi) is 7.27. The van der Waals surface area contributed by atoms with E-state index >= 15 is 0 Å². The van der Waals surface area contributed by atoms with Crippen molar-refractivity contribution in [1.82, 2.24) is 15.3 Å². The maximum Gasteiger partial charge on any atom is 0.276 e. The quantitative estimate of drug-likeness (QED) is 0.337. The topological polar surface area (TPSA) is 93.2 Å². The third-order valence-corrected chi connectivity index (χ3v) is 7.50. The molecule has 2 amide bonds. The molecule has 0 saturated carbocycles. The highest BCUT2D eigenvalue weighted by Crippen LogP contribution is 2.39. The van der Waals surface area contributed by atoms with Crippen LogP contribution < -0.4 is 10.6 Å². The highest BCUT2D eigenvalue weighted by Gasteiger charge is 2.29. The second-order valence-electron chi connectivity index (χ2n) is 7.31. The molecule has 2 aromatic heterocycles. The van der Waals surface area contributed by atoms with Gasteiger partial charge in [-0.3, -0.25) is 9.59 Å². The molecule has 0 radical (unpaired) electrons. The first-order chi connectivity index (χ1) is 15.1. The predicted molar refractivity (Wildman–Crippen MR) is 124 cm³/mol. The number of carbonyl (C=O) groups excluding carboxylic acids is 2. The number of thioether (sulfide) groups is 1. The number of nitrogens with zero attached hydrogens (tertiary/aromatic N) is 2. The van der Waals surface area contributed by atoms with Gasteiger partial charge in [0, 0.05) is 23.8 Å². The molecular weight excluding hydrogens is 456 g/mol. The van der Waals surface area contributed by atoms with Crippen molar-refractivity contribution in [2.24, 2.45) is 0 Å². The molecule has 10 heteroatoms. The number of rotatable bonds is 8. The number of ether oxygens (including phenoxy) is 1. The van der Waals surface area contributed by atoms with Crippen molar-refractivity contribution in [2.75, 3.05) is 24.2 Å². The number of halogens is 1. The zero-order valence-electron chi connectivity index (χ0n) is 16.9. The minimum Gasteiger partial charge on any atom is -0.376 e. The first-order valence-corrected chi connectivity index (χ1v) is 12.4. The summed E-state index contributed by atoms with van der Waals surface area (Å²) in [5.41, 5.74) is 1.67. The maximum absolute atomic E-state index is 13.0. The first kappa shape index (κ1) is 22.3. The molecule has 4 rings (SSSR count). The summed E-state index contributed by atoms with van der Waals surface area (Å²) in [6, 6.07) is 0. The number of hydrogen-bond donors (Lipinski definition) is 2. The SMILES string of the molecule is C=CCSc1ncc(Cl)c(C(=O)Nc2sc3c(c2C(=O)NC[C@H]2CCCO2)CCC3)n1.